The molecule has 0 saturated heterocycles. The van der Waals surface area contributed by atoms with E-state index in [0.717, 1.165) is 37.1 Å². The standard InChI is InChI=1S/C11H17N3O/c1-2-8-10-7(5-6-12)3-4-9(10)14-11(15)13-8/h7H,2-6,12H2,1H3,(H,13,14,15). The van der Waals surface area contributed by atoms with Gasteiger partial charge in [0, 0.05) is 5.69 Å². The third-order valence-corrected chi connectivity index (χ3v) is 3.13. The fraction of sp³-hybridized carbons (Fsp3) is 0.636. The molecule has 1 aliphatic rings. The zero-order chi connectivity index (χ0) is 10.8. The molecular weight excluding hydrogens is 190 g/mol. The van der Waals surface area contributed by atoms with Gasteiger partial charge in [-0.2, -0.15) is 4.98 Å². The van der Waals surface area contributed by atoms with Crippen molar-refractivity contribution < 1.29 is 0 Å². The zero-order valence-corrected chi connectivity index (χ0v) is 9.05. The number of nitrogens with zero attached hydrogens (tertiary/aromatic N) is 1. The molecule has 0 fully saturated rings. The topological polar surface area (TPSA) is 71.8 Å². The van der Waals surface area contributed by atoms with Crippen molar-refractivity contribution in [2.45, 2.75) is 38.5 Å². The second-order valence-electron chi connectivity index (χ2n) is 4.05. The molecule has 1 unspecified atom stereocenters. The van der Waals surface area contributed by atoms with E-state index in [1.165, 1.54) is 5.56 Å². The first-order valence-corrected chi connectivity index (χ1v) is 5.58. The van der Waals surface area contributed by atoms with Gasteiger partial charge in [0.25, 0.3) is 0 Å². The van der Waals surface area contributed by atoms with Crippen LogP contribution in [0.1, 0.15) is 42.6 Å². The lowest BCUT2D eigenvalue weighted by molar-refractivity contribution is 0.621. The van der Waals surface area contributed by atoms with Crippen LogP contribution in [0, 0.1) is 0 Å². The van der Waals surface area contributed by atoms with E-state index < -0.39 is 0 Å². The Labute approximate surface area is 88.9 Å². The van der Waals surface area contributed by atoms with Crippen LogP contribution in [-0.4, -0.2) is 16.5 Å². The van der Waals surface area contributed by atoms with Gasteiger partial charge in [0.15, 0.2) is 0 Å². The highest BCUT2D eigenvalue weighted by Gasteiger charge is 2.26. The summed E-state index contributed by atoms with van der Waals surface area (Å²) in [5.74, 6) is 0.504. The van der Waals surface area contributed by atoms with E-state index in [-0.39, 0.29) is 5.69 Å². The quantitative estimate of drug-likeness (QED) is 0.766. The van der Waals surface area contributed by atoms with Crippen molar-refractivity contribution in [2.75, 3.05) is 6.54 Å². The number of aromatic nitrogens is 2. The molecule has 1 aromatic heterocycles. The van der Waals surface area contributed by atoms with Crippen LogP contribution < -0.4 is 11.4 Å². The summed E-state index contributed by atoms with van der Waals surface area (Å²) in [5.41, 5.74) is 8.70. The molecule has 2 rings (SSSR count). The smallest absolute Gasteiger partial charge is 0.330 e. The number of H-pyrrole nitrogens is 1. The van der Waals surface area contributed by atoms with E-state index in [4.69, 9.17) is 5.73 Å². The Hall–Kier alpha value is -1.16. The molecule has 3 N–H and O–H groups in total. The highest BCUT2D eigenvalue weighted by Crippen LogP contribution is 2.35. The maximum absolute atomic E-state index is 11.3. The molecule has 0 saturated carbocycles. The minimum Gasteiger partial charge on any atom is -0.330 e. The molecule has 0 aromatic carbocycles. The molecule has 0 spiro atoms. The molecule has 15 heavy (non-hydrogen) atoms. The van der Waals surface area contributed by atoms with E-state index in [1.807, 2.05) is 6.92 Å². The number of aryl methyl sites for hydroxylation is 2. The summed E-state index contributed by atoms with van der Waals surface area (Å²) >= 11 is 0. The lowest BCUT2D eigenvalue weighted by Gasteiger charge is -2.12. The third-order valence-electron chi connectivity index (χ3n) is 3.13. The van der Waals surface area contributed by atoms with Crippen LogP contribution in [0.3, 0.4) is 0 Å². The first-order chi connectivity index (χ1) is 7.26. The maximum Gasteiger partial charge on any atom is 0.345 e. The SMILES string of the molecule is CCc1nc(=O)[nH]c2c1C(CCN)CC2. The van der Waals surface area contributed by atoms with Crippen molar-refractivity contribution in [3.05, 3.63) is 27.4 Å². The van der Waals surface area contributed by atoms with Crippen molar-refractivity contribution in [1.82, 2.24) is 9.97 Å². The Morgan fingerprint density at radius 1 is 1.60 bits per heavy atom. The van der Waals surface area contributed by atoms with Crippen LogP contribution in [0.5, 0.6) is 0 Å². The summed E-state index contributed by atoms with van der Waals surface area (Å²) in [6, 6.07) is 0. The Bertz CT molecular complexity index is 411. The highest BCUT2D eigenvalue weighted by molar-refractivity contribution is 5.33. The van der Waals surface area contributed by atoms with Crippen LogP contribution in [-0.2, 0) is 12.8 Å². The molecule has 1 aromatic rings. The average molecular weight is 207 g/mol. The zero-order valence-electron chi connectivity index (χ0n) is 9.05. The van der Waals surface area contributed by atoms with Crippen molar-refractivity contribution >= 4 is 0 Å². The second-order valence-corrected chi connectivity index (χ2v) is 4.05. The number of fused-ring (bicyclic) bond motifs is 1. The van der Waals surface area contributed by atoms with Gasteiger partial charge >= 0.3 is 5.69 Å². The largest absolute Gasteiger partial charge is 0.345 e. The number of hydrogen-bond acceptors (Lipinski definition) is 3. The van der Waals surface area contributed by atoms with Gasteiger partial charge in [-0.25, -0.2) is 4.79 Å². The molecule has 0 aliphatic heterocycles. The first-order valence-electron chi connectivity index (χ1n) is 5.58. The summed E-state index contributed by atoms with van der Waals surface area (Å²) in [7, 11) is 0. The molecule has 1 heterocycles. The molecular formula is C11H17N3O. The number of rotatable bonds is 3. The number of nitrogens with one attached hydrogen (secondary N) is 1. The van der Waals surface area contributed by atoms with Gasteiger partial charge in [0.05, 0.1) is 5.69 Å². The lowest BCUT2D eigenvalue weighted by atomic mass is 9.96. The molecule has 0 bridgehead atoms. The lowest BCUT2D eigenvalue weighted by Crippen LogP contribution is -2.17. The number of hydrogen-bond donors (Lipinski definition) is 2. The van der Waals surface area contributed by atoms with Crippen molar-refractivity contribution in [3.63, 3.8) is 0 Å². The molecule has 1 aliphatic carbocycles. The molecule has 82 valence electrons. The van der Waals surface area contributed by atoms with E-state index >= 15 is 0 Å². The molecule has 0 amide bonds. The Balaban J connectivity index is 2.45. The molecule has 4 heteroatoms. The van der Waals surface area contributed by atoms with Crippen LogP contribution >= 0.6 is 0 Å². The fourth-order valence-electron chi connectivity index (χ4n) is 2.48. The van der Waals surface area contributed by atoms with E-state index in [2.05, 4.69) is 9.97 Å². The Morgan fingerprint density at radius 2 is 2.40 bits per heavy atom. The first kappa shape index (κ1) is 10.4. The number of aromatic amines is 1. The molecule has 1 atom stereocenters. The van der Waals surface area contributed by atoms with Crippen LogP contribution in [0.25, 0.3) is 0 Å². The normalized spacial score (nSPS) is 19.2. The van der Waals surface area contributed by atoms with Gasteiger partial charge < -0.3 is 10.7 Å². The van der Waals surface area contributed by atoms with Gasteiger partial charge in [-0.15, -0.1) is 0 Å². The average Bonchev–Trinajstić information content (AvgIpc) is 2.61. The van der Waals surface area contributed by atoms with Gasteiger partial charge in [-0.1, -0.05) is 6.92 Å². The Kier molecular flexibility index (Phi) is 2.86. The van der Waals surface area contributed by atoms with Crippen molar-refractivity contribution in [1.29, 1.82) is 0 Å². The minimum atomic E-state index is -0.209. The second kappa shape index (κ2) is 4.14. The summed E-state index contributed by atoms with van der Waals surface area (Å²) in [5, 5.41) is 0. The maximum atomic E-state index is 11.3. The summed E-state index contributed by atoms with van der Waals surface area (Å²) in [4.78, 5) is 18.2. The van der Waals surface area contributed by atoms with Crippen molar-refractivity contribution in [2.24, 2.45) is 5.73 Å². The summed E-state index contributed by atoms with van der Waals surface area (Å²) in [6.07, 6.45) is 3.88. The number of nitrogens with two attached hydrogens (primary N) is 1. The fourth-order valence-corrected chi connectivity index (χ4v) is 2.48. The van der Waals surface area contributed by atoms with Gasteiger partial charge in [0.1, 0.15) is 0 Å². The van der Waals surface area contributed by atoms with E-state index in [1.54, 1.807) is 0 Å². The van der Waals surface area contributed by atoms with E-state index in [0.29, 0.717) is 12.5 Å². The van der Waals surface area contributed by atoms with Gasteiger partial charge in [-0.05, 0) is 43.7 Å². The summed E-state index contributed by atoms with van der Waals surface area (Å²) < 4.78 is 0. The highest BCUT2D eigenvalue weighted by atomic mass is 16.1. The van der Waals surface area contributed by atoms with Gasteiger partial charge in [-0.3, -0.25) is 0 Å². The molecule has 4 nitrogen and oxygen atoms in total. The van der Waals surface area contributed by atoms with E-state index in [9.17, 15) is 4.79 Å². The third kappa shape index (κ3) is 1.81. The molecule has 0 radical (unpaired) electrons. The van der Waals surface area contributed by atoms with Gasteiger partial charge in [0.2, 0.25) is 0 Å². The van der Waals surface area contributed by atoms with Crippen LogP contribution in [0.2, 0.25) is 0 Å². The predicted octanol–water partition coefficient (Wildman–Crippen LogP) is 0.711. The minimum absolute atomic E-state index is 0.209. The van der Waals surface area contributed by atoms with Crippen LogP contribution in [0.15, 0.2) is 4.79 Å². The predicted molar refractivity (Wildman–Crippen MR) is 59.0 cm³/mol. The van der Waals surface area contributed by atoms with Crippen LogP contribution in [0.4, 0.5) is 0 Å². The van der Waals surface area contributed by atoms with Crippen molar-refractivity contribution in [3.8, 4) is 0 Å². The summed E-state index contributed by atoms with van der Waals surface area (Å²) in [6.45, 7) is 2.74. The Morgan fingerprint density at radius 3 is 3.07 bits per heavy atom. The monoisotopic (exact) mass is 207 g/mol.